The maximum Gasteiger partial charge on any atom is 0.223 e. The third kappa shape index (κ3) is 4.62. The number of aromatic hydroxyl groups is 1. The van der Waals surface area contributed by atoms with Gasteiger partial charge in [0, 0.05) is 32.6 Å². The minimum atomic E-state index is -0.276. The minimum absolute atomic E-state index is 0.0812. The van der Waals surface area contributed by atoms with E-state index in [1.807, 2.05) is 30.3 Å². The van der Waals surface area contributed by atoms with E-state index in [1.165, 1.54) is 5.56 Å². The van der Waals surface area contributed by atoms with Gasteiger partial charge in [-0.2, -0.15) is 5.26 Å². The van der Waals surface area contributed by atoms with Crippen molar-refractivity contribution in [3.8, 4) is 11.8 Å². The molecule has 2 aromatic rings. The average molecular weight is 349 g/mol. The summed E-state index contributed by atoms with van der Waals surface area (Å²) in [7, 11) is 0. The van der Waals surface area contributed by atoms with Gasteiger partial charge >= 0.3 is 0 Å². The van der Waals surface area contributed by atoms with Crippen molar-refractivity contribution >= 4 is 5.91 Å². The van der Waals surface area contributed by atoms with E-state index in [0.717, 1.165) is 12.1 Å². The molecule has 2 aromatic carbocycles. The molecule has 1 atom stereocenters. The molecule has 3 rings (SSSR count). The van der Waals surface area contributed by atoms with Gasteiger partial charge in [-0.25, -0.2) is 0 Å². The first-order valence-electron chi connectivity index (χ1n) is 8.89. The van der Waals surface area contributed by atoms with Crippen molar-refractivity contribution in [2.24, 2.45) is 0 Å². The number of nitriles is 1. The highest BCUT2D eigenvalue weighted by Crippen LogP contribution is 2.16. The van der Waals surface area contributed by atoms with Gasteiger partial charge in [0.1, 0.15) is 11.8 Å². The molecular formula is C21H23N3O2. The summed E-state index contributed by atoms with van der Waals surface area (Å²) in [5.74, 6) is 0.309. The summed E-state index contributed by atoms with van der Waals surface area (Å²) in [6.45, 7) is 2.55. The summed E-state index contributed by atoms with van der Waals surface area (Å²) in [6.07, 6.45) is 1.06. The van der Waals surface area contributed by atoms with Crippen LogP contribution < -0.4 is 0 Å². The maximum absolute atomic E-state index is 12.5. The molecule has 1 aliphatic heterocycles. The highest BCUT2D eigenvalue weighted by molar-refractivity contribution is 5.76. The van der Waals surface area contributed by atoms with Crippen LogP contribution in [0.25, 0.3) is 0 Å². The number of nitrogens with zero attached hydrogens (tertiary/aromatic N) is 3. The first kappa shape index (κ1) is 18.0. The maximum atomic E-state index is 12.5. The Balaban J connectivity index is 1.53. The van der Waals surface area contributed by atoms with E-state index in [-0.39, 0.29) is 17.7 Å². The Kier molecular flexibility index (Phi) is 5.88. The molecule has 26 heavy (non-hydrogen) atoms. The van der Waals surface area contributed by atoms with E-state index in [0.29, 0.717) is 32.5 Å². The van der Waals surface area contributed by atoms with Gasteiger partial charge in [0.2, 0.25) is 5.91 Å². The lowest BCUT2D eigenvalue weighted by Crippen LogP contribution is -2.53. The quantitative estimate of drug-likeness (QED) is 0.901. The lowest BCUT2D eigenvalue weighted by atomic mass is 10.1. The van der Waals surface area contributed by atoms with E-state index in [2.05, 4.69) is 23.1 Å². The van der Waals surface area contributed by atoms with Gasteiger partial charge in [0.05, 0.1) is 6.07 Å². The molecule has 0 unspecified atom stereocenters. The third-order valence-corrected chi connectivity index (χ3v) is 4.79. The van der Waals surface area contributed by atoms with Crippen LogP contribution in [0.4, 0.5) is 0 Å². The van der Waals surface area contributed by atoms with Crippen LogP contribution in [-0.4, -0.2) is 46.5 Å². The third-order valence-electron chi connectivity index (χ3n) is 4.79. The second kappa shape index (κ2) is 8.50. The fourth-order valence-electron chi connectivity index (χ4n) is 3.25. The van der Waals surface area contributed by atoms with E-state index in [1.54, 1.807) is 17.0 Å². The molecule has 1 heterocycles. The predicted molar refractivity (Wildman–Crippen MR) is 99.3 cm³/mol. The summed E-state index contributed by atoms with van der Waals surface area (Å²) in [4.78, 5) is 16.5. The van der Waals surface area contributed by atoms with Gasteiger partial charge in [0.25, 0.3) is 0 Å². The van der Waals surface area contributed by atoms with Gasteiger partial charge in [-0.1, -0.05) is 42.5 Å². The molecule has 1 fully saturated rings. The largest absolute Gasteiger partial charge is 0.508 e. The highest BCUT2D eigenvalue weighted by Gasteiger charge is 2.29. The monoisotopic (exact) mass is 349 g/mol. The van der Waals surface area contributed by atoms with Crippen LogP contribution in [-0.2, 0) is 17.8 Å². The van der Waals surface area contributed by atoms with Crippen LogP contribution in [0, 0.1) is 11.3 Å². The van der Waals surface area contributed by atoms with Crippen LogP contribution in [0.2, 0.25) is 0 Å². The van der Waals surface area contributed by atoms with E-state index >= 15 is 0 Å². The lowest BCUT2D eigenvalue weighted by Gasteiger charge is -2.38. The zero-order chi connectivity index (χ0) is 18.4. The number of hydrogen-bond donors (Lipinski definition) is 1. The number of piperazine rings is 1. The SMILES string of the molecule is N#C[C@H]1CN(C(=O)CCc2ccc(O)cc2)CCN1Cc1ccccc1. The van der Waals surface area contributed by atoms with Gasteiger partial charge in [-0.3, -0.25) is 9.69 Å². The molecule has 134 valence electrons. The van der Waals surface area contributed by atoms with Crippen molar-refractivity contribution in [1.29, 1.82) is 5.26 Å². The van der Waals surface area contributed by atoms with Crippen LogP contribution in [0.15, 0.2) is 54.6 Å². The number of hydrogen-bond acceptors (Lipinski definition) is 4. The molecule has 0 spiro atoms. The second-order valence-corrected chi connectivity index (χ2v) is 6.61. The topological polar surface area (TPSA) is 67.6 Å². The number of phenols is 1. The predicted octanol–water partition coefficient (Wildman–Crippen LogP) is 2.56. The Bertz CT molecular complexity index is 768. The molecule has 1 amide bonds. The fourth-order valence-corrected chi connectivity index (χ4v) is 3.25. The normalized spacial score (nSPS) is 17.7. The van der Waals surface area contributed by atoms with E-state index < -0.39 is 0 Å². The molecule has 1 N–H and O–H groups in total. The van der Waals surface area contributed by atoms with Crippen molar-refractivity contribution in [2.45, 2.75) is 25.4 Å². The summed E-state index contributed by atoms with van der Waals surface area (Å²) < 4.78 is 0. The first-order chi connectivity index (χ1) is 12.7. The zero-order valence-electron chi connectivity index (χ0n) is 14.7. The molecule has 0 radical (unpaired) electrons. The van der Waals surface area contributed by atoms with Crippen molar-refractivity contribution < 1.29 is 9.90 Å². The van der Waals surface area contributed by atoms with Crippen LogP contribution in [0.5, 0.6) is 5.75 Å². The first-order valence-corrected chi connectivity index (χ1v) is 8.89. The fraction of sp³-hybridized carbons (Fsp3) is 0.333. The zero-order valence-corrected chi connectivity index (χ0v) is 14.7. The Hall–Kier alpha value is -2.84. The standard InChI is InChI=1S/C21H23N3O2/c22-14-19-16-24(13-12-23(19)15-18-4-2-1-3-5-18)21(26)11-8-17-6-9-20(25)10-7-17/h1-7,9-10,19,25H,8,11-13,15-16H2/t19-/m0/s1. The summed E-state index contributed by atoms with van der Waals surface area (Å²) in [6, 6.07) is 19.1. The van der Waals surface area contributed by atoms with Crippen LogP contribution in [0.1, 0.15) is 17.5 Å². The Morgan fingerprint density at radius 2 is 1.81 bits per heavy atom. The number of aryl methyl sites for hydroxylation is 1. The lowest BCUT2D eigenvalue weighted by molar-refractivity contribution is -0.133. The second-order valence-electron chi connectivity index (χ2n) is 6.61. The molecule has 1 aliphatic rings. The van der Waals surface area contributed by atoms with E-state index in [4.69, 9.17) is 0 Å². The summed E-state index contributed by atoms with van der Waals surface area (Å²) >= 11 is 0. The Morgan fingerprint density at radius 3 is 2.50 bits per heavy atom. The minimum Gasteiger partial charge on any atom is -0.508 e. The Labute approximate surface area is 154 Å². The molecule has 1 saturated heterocycles. The van der Waals surface area contributed by atoms with Gasteiger partial charge < -0.3 is 10.0 Å². The number of carbonyl (C=O) groups is 1. The molecule has 5 heteroatoms. The molecule has 5 nitrogen and oxygen atoms in total. The van der Waals surface area contributed by atoms with Gasteiger partial charge in [0.15, 0.2) is 0 Å². The number of phenolic OH excluding ortho intramolecular Hbond substituents is 1. The number of carbonyl (C=O) groups excluding carboxylic acids is 1. The molecule has 0 saturated carbocycles. The summed E-state index contributed by atoms with van der Waals surface area (Å²) in [5.41, 5.74) is 2.20. The van der Waals surface area contributed by atoms with Crippen molar-refractivity contribution in [1.82, 2.24) is 9.80 Å². The van der Waals surface area contributed by atoms with Crippen LogP contribution in [0.3, 0.4) is 0 Å². The van der Waals surface area contributed by atoms with Gasteiger partial charge in [-0.15, -0.1) is 0 Å². The number of amides is 1. The summed E-state index contributed by atoms with van der Waals surface area (Å²) in [5, 5.41) is 18.8. The highest BCUT2D eigenvalue weighted by atomic mass is 16.3. The van der Waals surface area contributed by atoms with Gasteiger partial charge in [-0.05, 0) is 29.7 Å². The van der Waals surface area contributed by atoms with Crippen molar-refractivity contribution in [2.75, 3.05) is 19.6 Å². The molecule has 0 aromatic heterocycles. The smallest absolute Gasteiger partial charge is 0.223 e. The molecule has 0 bridgehead atoms. The molecular weight excluding hydrogens is 326 g/mol. The number of benzene rings is 2. The average Bonchev–Trinajstić information content (AvgIpc) is 2.68. The van der Waals surface area contributed by atoms with E-state index in [9.17, 15) is 15.2 Å². The molecule has 0 aliphatic carbocycles. The van der Waals surface area contributed by atoms with Crippen molar-refractivity contribution in [3.05, 3.63) is 65.7 Å². The number of rotatable bonds is 5. The Morgan fingerprint density at radius 1 is 1.08 bits per heavy atom. The van der Waals surface area contributed by atoms with Crippen molar-refractivity contribution in [3.63, 3.8) is 0 Å². The van der Waals surface area contributed by atoms with Crippen LogP contribution >= 0.6 is 0 Å².